The molecule has 20 heavy (non-hydrogen) atoms. The molecule has 1 rings (SSSR count). The lowest BCUT2D eigenvalue weighted by Gasteiger charge is -2.24. The minimum atomic E-state index is -4.40. The molecule has 0 saturated heterocycles. The minimum absolute atomic E-state index is 0.0650. The summed E-state index contributed by atoms with van der Waals surface area (Å²) in [5.41, 5.74) is 6.23. The number of rotatable bonds is 6. The van der Waals surface area contributed by atoms with Crippen LogP contribution >= 0.6 is 0 Å². The van der Waals surface area contributed by atoms with Crippen LogP contribution in [0, 0.1) is 0 Å². The number of alkyl halides is 3. The molecule has 1 amide bonds. The van der Waals surface area contributed by atoms with E-state index in [2.05, 4.69) is 0 Å². The van der Waals surface area contributed by atoms with E-state index in [9.17, 15) is 18.0 Å². The molecule has 0 saturated carbocycles. The fourth-order valence-electron chi connectivity index (χ4n) is 2.04. The number of aryl methyl sites for hydroxylation is 1. The Balaban J connectivity index is 2.99. The van der Waals surface area contributed by atoms with Crippen LogP contribution < -0.4 is 5.73 Å². The smallest absolute Gasteiger partial charge is 0.397 e. The molecule has 1 aromatic rings. The first-order chi connectivity index (χ1) is 9.28. The summed E-state index contributed by atoms with van der Waals surface area (Å²) in [7, 11) is 0. The van der Waals surface area contributed by atoms with Crippen LogP contribution in [0.15, 0.2) is 12.3 Å². The van der Waals surface area contributed by atoms with Gasteiger partial charge in [-0.2, -0.15) is 13.2 Å². The highest BCUT2D eigenvalue weighted by molar-refractivity contribution is 5.93. The summed E-state index contributed by atoms with van der Waals surface area (Å²) in [5, 5.41) is 0. The highest BCUT2D eigenvalue weighted by atomic mass is 19.4. The summed E-state index contributed by atoms with van der Waals surface area (Å²) < 4.78 is 39.2. The van der Waals surface area contributed by atoms with Crippen molar-refractivity contribution in [2.24, 2.45) is 0 Å². The maximum absolute atomic E-state index is 12.5. The normalized spacial score (nSPS) is 11.7. The Morgan fingerprint density at radius 2 is 2.00 bits per heavy atom. The Kier molecular flexibility index (Phi) is 5.47. The molecule has 7 heteroatoms. The quantitative estimate of drug-likeness (QED) is 0.876. The molecule has 4 nitrogen and oxygen atoms in total. The molecule has 0 bridgehead atoms. The van der Waals surface area contributed by atoms with Crippen LogP contribution in [0.3, 0.4) is 0 Å². The molecule has 1 aromatic heterocycles. The van der Waals surface area contributed by atoms with Crippen molar-refractivity contribution in [3.63, 3.8) is 0 Å². The van der Waals surface area contributed by atoms with Crippen LogP contribution in [-0.2, 0) is 6.54 Å². The van der Waals surface area contributed by atoms with Crippen LogP contribution in [0.2, 0.25) is 0 Å². The first-order valence-corrected chi connectivity index (χ1v) is 6.60. The Bertz CT molecular complexity index is 454. The molecule has 0 aliphatic heterocycles. The first-order valence-electron chi connectivity index (χ1n) is 6.60. The molecule has 0 fully saturated rings. The monoisotopic (exact) mass is 291 g/mol. The van der Waals surface area contributed by atoms with Gasteiger partial charge in [0.15, 0.2) is 0 Å². The third kappa shape index (κ3) is 4.47. The Morgan fingerprint density at radius 3 is 2.50 bits per heavy atom. The molecule has 0 radical (unpaired) electrons. The molecule has 0 atom stereocenters. The Labute approximate surface area is 116 Å². The maximum Gasteiger partial charge on any atom is 0.406 e. The van der Waals surface area contributed by atoms with E-state index in [-0.39, 0.29) is 12.2 Å². The predicted octanol–water partition coefficient (Wildman–Crippen LogP) is 2.89. The largest absolute Gasteiger partial charge is 0.406 e. The lowest BCUT2D eigenvalue weighted by molar-refractivity contribution is -0.140. The van der Waals surface area contributed by atoms with E-state index in [4.69, 9.17) is 5.73 Å². The van der Waals surface area contributed by atoms with Gasteiger partial charge in [0, 0.05) is 19.3 Å². The maximum atomic E-state index is 12.5. The zero-order chi connectivity index (χ0) is 15.3. The van der Waals surface area contributed by atoms with Crippen LogP contribution in [-0.4, -0.2) is 34.6 Å². The number of hydrogen-bond acceptors (Lipinski definition) is 2. The molecule has 0 aliphatic rings. The van der Waals surface area contributed by atoms with Crippen molar-refractivity contribution in [1.29, 1.82) is 0 Å². The second-order valence-electron chi connectivity index (χ2n) is 4.69. The zero-order valence-electron chi connectivity index (χ0n) is 11.7. The van der Waals surface area contributed by atoms with Gasteiger partial charge in [-0.05, 0) is 18.9 Å². The lowest BCUT2D eigenvalue weighted by atomic mass is 10.3. The second kappa shape index (κ2) is 6.67. The van der Waals surface area contributed by atoms with Crippen molar-refractivity contribution in [2.45, 2.75) is 39.4 Å². The van der Waals surface area contributed by atoms with Gasteiger partial charge in [0.05, 0.1) is 5.69 Å². The molecule has 0 aromatic carbocycles. The van der Waals surface area contributed by atoms with Crippen LogP contribution in [0.25, 0.3) is 0 Å². The molecule has 1 heterocycles. The average molecular weight is 291 g/mol. The van der Waals surface area contributed by atoms with E-state index in [0.29, 0.717) is 18.7 Å². The number of nitrogens with zero attached hydrogens (tertiary/aromatic N) is 2. The van der Waals surface area contributed by atoms with Gasteiger partial charge in [-0.15, -0.1) is 0 Å². The third-order valence-corrected chi connectivity index (χ3v) is 2.75. The van der Waals surface area contributed by atoms with Crippen molar-refractivity contribution in [2.75, 3.05) is 18.8 Å². The van der Waals surface area contributed by atoms with Gasteiger partial charge in [0.1, 0.15) is 12.2 Å². The number of anilines is 1. The van der Waals surface area contributed by atoms with E-state index < -0.39 is 18.6 Å². The van der Waals surface area contributed by atoms with E-state index in [0.717, 1.165) is 11.3 Å². The summed E-state index contributed by atoms with van der Waals surface area (Å²) >= 11 is 0. The average Bonchev–Trinajstić information content (AvgIpc) is 2.68. The summed E-state index contributed by atoms with van der Waals surface area (Å²) in [5.74, 6) is -0.630. The predicted molar refractivity (Wildman–Crippen MR) is 71.4 cm³/mol. The van der Waals surface area contributed by atoms with Gasteiger partial charge in [0.25, 0.3) is 5.91 Å². The van der Waals surface area contributed by atoms with E-state index in [1.54, 1.807) is 17.7 Å². The summed E-state index contributed by atoms with van der Waals surface area (Å²) in [6, 6.07) is 1.43. The molecule has 114 valence electrons. The fraction of sp³-hybridized carbons (Fsp3) is 0.615. The van der Waals surface area contributed by atoms with Gasteiger partial charge in [0.2, 0.25) is 0 Å². The van der Waals surface area contributed by atoms with Crippen molar-refractivity contribution in [1.82, 2.24) is 9.47 Å². The summed E-state index contributed by atoms with van der Waals surface area (Å²) in [6.45, 7) is 3.02. The molecule has 0 aliphatic carbocycles. The Hall–Kier alpha value is -1.66. The number of amides is 1. The number of carbonyl (C=O) groups excluding carboxylic acids is 1. The van der Waals surface area contributed by atoms with Crippen LogP contribution in [0.5, 0.6) is 0 Å². The zero-order valence-corrected chi connectivity index (χ0v) is 11.7. The number of nitrogens with two attached hydrogens (primary N) is 1. The third-order valence-electron chi connectivity index (χ3n) is 2.75. The van der Waals surface area contributed by atoms with Crippen molar-refractivity contribution in [3.8, 4) is 0 Å². The number of halogens is 3. The molecule has 2 N–H and O–H groups in total. The standard InChI is InChI=1S/C13H20F3N3O/c1-3-5-18-8-10(17)7-11(18)12(20)19(6-4-2)9-13(14,15)16/h7-8H,3-6,9,17H2,1-2H3. The fourth-order valence-corrected chi connectivity index (χ4v) is 2.04. The van der Waals surface area contributed by atoms with Gasteiger partial charge in [-0.1, -0.05) is 13.8 Å². The summed E-state index contributed by atoms with van der Waals surface area (Å²) in [4.78, 5) is 13.1. The van der Waals surface area contributed by atoms with Gasteiger partial charge in [-0.3, -0.25) is 4.79 Å². The highest BCUT2D eigenvalue weighted by Gasteiger charge is 2.33. The van der Waals surface area contributed by atoms with Crippen molar-refractivity contribution in [3.05, 3.63) is 18.0 Å². The molecular formula is C13H20F3N3O. The number of hydrogen-bond donors (Lipinski definition) is 1. The molecular weight excluding hydrogens is 271 g/mol. The van der Waals surface area contributed by atoms with Gasteiger partial charge >= 0.3 is 6.18 Å². The van der Waals surface area contributed by atoms with Gasteiger partial charge in [-0.25, -0.2) is 0 Å². The van der Waals surface area contributed by atoms with Crippen LogP contribution in [0.1, 0.15) is 37.2 Å². The van der Waals surface area contributed by atoms with Crippen molar-refractivity contribution >= 4 is 11.6 Å². The SMILES string of the molecule is CCCN(CC(F)(F)F)C(=O)c1cc(N)cn1CCC. The second-order valence-corrected chi connectivity index (χ2v) is 4.69. The minimum Gasteiger partial charge on any atom is -0.397 e. The first kappa shape index (κ1) is 16.4. The molecule has 0 spiro atoms. The molecule has 0 unspecified atom stereocenters. The topological polar surface area (TPSA) is 51.3 Å². The van der Waals surface area contributed by atoms with Gasteiger partial charge < -0.3 is 15.2 Å². The summed E-state index contributed by atoms with van der Waals surface area (Å²) in [6.07, 6.45) is -1.60. The van der Waals surface area contributed by atoms with Crippen molar-refractivity contribution < 1.29 is 18.0 Å². The highest BCUT2D eigenvalue weighted by Crippen LogP contribution is 2.20. The number of nitrogen functional groups attached to an aromatic ring is 1. The van der Waals surface area contributed by atoms with E-state index in [1.165, 1.54) is 6.07 Å². The van der Waals surface area contributed by atoms with E-state index >= 15 is 0 Å². The Morgan fingerprint density at radius 1 is 1.35 bits per heavy atom. The number of aromatic nitrogens is 1. The van der Waals surface area contributed by atoms with Crippen LogP contribution in [0.4, 0.5) is 18.9 Å². The van der Waals surface area contributed by atoms with E-state index in [1.807, 2.05) is 6.92 Å². The lowest BCUT2D eigenvalue weighted by Crippen LogP contribution is -2.40. The number of carbonyl (C=O) groups is 1.